The van der Waals surface area contributed by atoms with E-state index in [0.29, 0.717) is 5.92 Å². The molecule has 0 saturated carbocycles. The molecular formula is C11H14N2S. The predicted octanol–water partition coefficient (Wildman–Crippen LogP) is 1.80. The van der Waals surface area contributed by atoms with Crippen LogP contribution in [0.15, 0.2) is 5.38 Å². The molecule has 0 bridgehead atoms. The van der Waals surface area contributed by atoms with Crippen LogP contribution >= 0.6 is 11.3 Å². The number of aryl methyl sites for hydroxylation is 1. The van der Waals surface area contributed by atoms with Crippen LogP contribution in [0.4, 0.5) is 0 Å². The van der Waals surface area contributed by atoms with Gasteiger partial charge in [0.05, 0.1) is 5.01 Å². The fraction of sp³-hybridized carbons (Fsp3) is 0.545. The topological polar surface area (TPSA) is 24.9 Å². The third-order valence-corrected chi connectivity index (χ3v) is 3.14. The van der Waals surface area contributed by atoms with Gasteiger partial charge in [0.15, 0.2) is 0 Å². The van der Waals surface area contributed by atoms with Crippen LogP contribution < -0.4 is 5.32 Å². The number of hydrogen-bond donors (Lipinski definition) is 1. The first kappa shape index (κ1) is 9.70. The summed E-state index contributed by atoms with van der Waals surface area (Å²) < 4.78 is 0. The van der Waals surface area contributed by atoms with E-state index >= 15 is 0 Å². The molecule has 2 nitrogen and oxygen atoms in total. The van der Waals surface area contributed by atoms with Crippen molar-refractivity contribution in [1.29, 1.82) is 0 Å². The fourth-order valence-electron chi connectivity index (χ4n) is 1.56. The predicted molar refractivity (Wildman–Crippen MR) is 59.3 cm³/mol. The van der Waals surface area contributed by atoms with Crippen molar-refractivity contribution >= 4 is 11.3 Å². The summed E-state index contributed by atoms with van der Waals surface area (Å²) in [5.74, 6) is 7.03. The average Bonchev–Trinajstić information content (AvgIpc) is 2.63. The Bertz CT molecular complexity index is 353. The Morgan fingerprint density at radius 2 is 2.29 bits per heavy atom. The maximum absolute atomic E-state index is 4.32. The lowest BCUT2D eigenvalue weighted by molar-refractivity contribution is 0.447. The molecule has 1 aliphatic heterocycles. The minimum absolute atomic E-state index is 0.568. The molecule has 1 aromatic heterocycles. The van der Waals surface area contributed by atoms with Gasteiger partial charge >= 0.3 is 0 Å². The van der Waals surface area contributed by atoms with Crippen molar-refractivity contribution in [2.24, 2.45) is 5.92 Å². The first-order valence-electron chi connectivity index (χ1n) is 4.99. The summed E-state index contributed by atoms with van der Waals surface area (Å²) in [5.41, 5.74) is 0.936. The molecule has 3 heteroatoms. The molecule has 0 amide bonds. The highest BCUT2D eigenvalue weighted by Crippen LogP contribution is 2.11. The lowest BCUT2D eigenvalue weighted by Gasteiger charge is -2.16. The summed E-state index contributed by atoms with van der Waals surface area (Å²) in [6.07, 6.45) is 2.35. The first-order chi connectivity index (χ1) is 6.84. The van der Waals surface area contributed by atoms with Crippen LogP contribution in [0.25, 0.3) is 0 Å². The van der Waals surface area contributed by atoms with Crippen LogP contribution in [0.1, 0.15) is 23.5 Å². The van der Waals surface area contributed by atoms with Gasteiger partial charge < -0.3 is 5.32 Å². The van der Waals surface area contributed by atoms with Crippen molar-refractivity contribution in [3.63, 3.8) is 0 Å². The van der Waals surface area contributed by atoms with E-state index in [4.69, 9.17) is 0 Å². The zero-order valence-electron chi connectivity index (χ0n) is 8.34. The Kier molecular flexibility index (Phi) is 3.18. The van der Waals surface area contributed by atoms with Crippen LogP contribution in [0.3, 0.4) is 0 Å². The molecule has 1 aromatic rings. The van der Waals surface area contributed by atoms with Crippen LogP contribution in [-0.2, 0) is 0 Å². The molecule has 0 atom stereocenters. The molecule has 0 spiro atoms. The van der Waals surface area contributed by atoms with Crippen molar-refractivity contribution in [2.45, 2.75) is 19.8 Å². The SMILES string of the molecule is Cc1nc(C#CC2CCNCC2)cs1. The van der Waals surface area contributed by atoms with Gasteiger partial charge in [-0.1, -0.05) is 5.92 Å². The second-order valence-electron chi connectivity index (χ2n) is 3.55. The second kappa shape index (κ2) is 4.59. The Morgan fingerprint density at radius 3 is 2.93 bits per heavy atom. The summed E-state index contributed by atoms with van der Waals surface area (Å²) >= 11 is 1.67. The molecule has 0 aliphatic carbocycles. The van der Waals surface area contributed by atoms with Gasteiger partial charge in [-0.2, -0.15) is 0 Å². The summed E-state index contributed by atoms with van der Waals surface area (Å²) in [6, 6.07) is 0. The smallest absolute Gasteiger partial charge is 0.124 e. The Labute approximate surface area is 88.8 Å². The molecule has 14 heavy (non-hydrogen) atoms. The lowest BCUT2D eigenvalue weighted by atomic mass is 9.99. The van der Waals surface area contributed by atoms with E-state index in [1.54, 1.807) is 11.3 Å². The Morgan fingerprint density at radius 1 is 1.50 bits per heavy atom. The van der Waals surface area contributed by atoms with Crippen LogP contribution in [-0.4, -0.2) is 18.1 Å². The number of nitrogens with one attached hydrogen (secondary N) is 1. The molecule has 1 fully saturated rings. The fourth-order valence-corrected chi connectivity index (χ4v) is 2.11. The largest absolute Gasteiger partial charge is 0.317 e. The number of thiazole rings is 1. The number of nitrogens with zero attached hydrogens (tertiary/aromatic N) is 1. The van der Waals surface area contributed by atoms with Gasteiger partial charge in [-0.05, 0) is 38.8 Å². The molecule has 1 aliphatic rings. The van der Waals surface area contributed by atoms with Gasteiger partial charge in [0.25, 0.3) is 0 Å². The molecule has 2 rings (SSSR count). The standard InChI is InChI=1S/C11H14N2S/c1-9-13-11(8-14-9)3-2-10-4-6-12-7-5-10/h8,10,12H,4-7H2,1H3. The first-order valence-corrected chi connectivity index (χ1v) is 5.87. The molecule has 0 aromatic carbocycles. The van der Waals surface area contributed by atoms with E-state index in [1.165, 1.54) is 12.8 Å². The van der Waals surface area contributed by atoms with Gasteiger partial charge in [-0.15, -0.1) is 11.3 Å². The summed E-state index contributed by atoms with van der Waals surface area (Å²) in [6.45, 7) is 4.23. The lowest BCUT2D eigenvalue weighted by Crippen LogP contribution is -2.26. The second-order valence-corrected chi connectivity index (χ2v) is 4.61. The van der Waals surface area contributed by atoms with E-state index in [9.17, 15) is 0 Å². The van der Waals surface area contributed by atoms with Crippen molar-refractivity contribution in [2.75, 3.05) is 13.1 Å². The number of piperidine rings is 1. The maximum atomic E-state index is 4.32. The third-order valence-electron chi connectivity index (χ3n) is 2.36. The highest BCUT2D eigenvalue weighted by molar-refractivity contribution is 7.09. The molecule has 74 valence electrons. The van der Waals surface area contributed by atoms with Crippen molar-refractivity contribution < 1.29 is 0 Å². The minimum atomic E-state index is 0.568. The van der Waals surface area contributed by atoms with Gasteiger partial charge in [0, 0.05) is 11.3 Å². The van der Waals surface area contributed by atoms with E-state index < -0.39 is 0 Å². The van der Waals surface area contributed by atoms with Gasteiger partial charge in [-0.25, -0.2) is 4.98 Å². The zero-order chi connectivity index (χ0) is 9.80. The molecule has 1 N–H and O–H groups in total. The highest BCUT2D eigenvalue weighted by Gasteiger charge is 2.09. The molecule has 0 radical (unpaired) electrons. The third kappa shape index (κ3) is 2.57. The van der Waals surface area contributed by atoms with Gasteiger partial charge in [-0.3, -0.25) is 0 Å². The van der Waals surface area contributed by atoms with Crippen molar-refractivity contribution in [3.05, 3.63) is 16.1 Å². The summed E-state index contributed by atoms with van der Waals surface area (Å²) in [5, 5.41) is 6.46. The number of rotatable bonds is 0. The molecule has 1 saturated heterocycles. The van der Waals surface area contributed by atoms with Crippen LogP contribution in [0.5, 0.6) is 0 Å². The van der Waals surface area contributed by atoms with Gasteiger partial charge in [0.1, 0.15) is 5.69 Å². The number of hydrogen-bond acceptors (Lipinski definition) is 3. The van der Waals surface area contributed by atoms with Crippen LogP contribution in [0.2, 0.25) is 0 Å². The minimum Gasteiger partial charge on any atom is -0.317 e. The summed E-state index contributed by atoms with van der Waals surface area (Å²) in [7, 11) is 0. The van der Waals surface area contributed by atoms with Gasteiger partial charge in [0.2, 0.25) is 0 Å². The molecule has 0 unspecified atom stereocenters. The quantitative estimate of drug-likeness (QED) is 0.655. The normalized spacial score (nSPS) is 17.5. The van der Waals surface area contributed by atoms with E-state index in [-0.39, 0.29) is 0 Å². The highest BCUT2D eigenvalue weighted by atomic mass is 32.1. The van der Waals surface area contributed by atoms with E-state index in [2.05, 4.69) is 22.1 Å². The average molecular weight is 206 g/mol. The van der Waals surface area contributed by atoms with Crippen LogP contribution in [0, 0.1) is 24.7 Å². The van der Waals surface area contributed by atoms with E-state index in [1.807, 2.05) is 12.3 Å². The van der Waals surface area contributed by atoms with Crippen molar-refractivity contribution in [1.82, 2.24) is 10.3 Å². The Hall–Kier alpha value is -0.850. The van der Waals surface area contributed by atoms with E-state index in [0.717, 1.165) is 23.8 Å². The molecular weight excluding hydrogens is 192 g/mol. The molecule has 2 heterocycles. The summed E-state index contributed by atoms with van der Waals surface area (Å²) in [4.78, 5) is 4.32. The monoisotopic (exact) mass is 206 g/mol. The van der Waals surface area contributed by atoms with Crippen molar-refractivity contribution in [3.8, 4) is 11.8 Å². The zero-order valence-corrected chi connectivity index (χ0v) is 9.16. The maximum Gasteiger partial charge on any atom is 0.124 e. The Balaban J connectivity index is 1.98. The number of aromatic nitrogens is 1.